The summed E-state index contributed by atoms with van der Waals surface area (Å²) >= 11 is 0. The number of Topliss-reactive ketones (excluding diaryl/α,β-unsaturated/α-hetero) is 1. The zero-order valence-corrected chi connectivity index (χ0v) is 17.9. The molecule has 1 unspecified atom stereocenters. The predicted molar refractivity (Wildman–Crippen MR) is 111 cm³/mol. The van der Waals surface area contributed by atoms with Gasteiger partial charge in [0.15, 0.2) is 29.2 Å². The molecule has 2 bridgehead atoms. The van der Waals surface area contributed by atoms with Crippen LogP contribution < -0.4 is 4.74 Å². The molecule has 7 rings (SSSR count). The average molecular weight is 438 g/mol. The Morgan fingerprint density at radius 2 is 2.22 bits per heavy atom. The first-order chi connectivity index (χ1) is 15.6. The standard InChI is InChI=1S/C23H27N5O4/c29-15-4-3-14-11-17-23(31-10-6-18-24-26-27-25-18)7-5-16(30)21-22(23,19(14)20(15)32-21)8-9-28(17)12-13-1-2-13/h3-4,13,17,21,29H,1-2,5-12H2,(H,24,25,26,27)/t17-,21+,22?,23-/m1/s1. The van der Waals surface area contributed by atoms with E-state index in [1.165, 1.54) is 18.4 Å². The Morgan fingerprint density at radius 1 is 1.31 bits per heavy atom. The molecule has 4 atom stereocenters. The summed E-state index contributed by atoms with van der Waals surface area (Å²) < 4.78 is 13.2. The van der Waals surface area contributed by atoms with Gasteiger partial charge in [0, 0.05) is 31.0 Å². The van der Waals surface area contributed by atoms with Crippen LogP contribution in [0.2, 0.25) is 0 Å². The molecule has 3 fully saturated rings. The van der Waals surface area contributed by atoms with Crippen molar-refractivity contribution < 1.29 is 19.4 Å². The van der Waals surface area contributed by atoms with Crippen molar-refractivity contribution in [2.45, 2.75) is 68.1 Å². The molecule has 9 heteroatoms. The van der Waals surface area contributed by atoms with Crippen LogP contribution in [0.15, 0.2) is 12.1 Å². The molecule has 9 nitrogen and oxygen atoms in total. The fraction of sp³-hybridized carbons (Fsp3) is 0.652. The van der Waals surface area contributed by atoms with Crippen LogP contribution in [0.5, 0.6) is 11.5 Å². The van der Waals surface area contributed by atoms with Gasteiger partial charge in [0.2, 0.25) is 0 Å². The van der Waals surface area contributed by atoms with Crippen molar-refractivity contribution in [3.8, 4) is 11.5 Å². The quantitative estimate of drug-likeness (QED) is 0.695. The first kappa shape index (κ1) is 19.0. The van der Waals surface area contributed by atoms with Crippen molar-refractivity contribution in [3.05, 3.63) is 29.1 Å². The molecule has 0 amide bonds. The topological polar surface area (TPSA) is 113 Å². The summed E-state index contributed by atoms with van der Waals surface area (Å²) in [6, 6.07) is 3.93. The summed E-state index contributed by atoms with van der Waals surface area (Å²) in [6.07, 6.45) is 5.35. The number of carbonyl (C=O) groups excluding carboxylic acids is 1. The molecule has 1 aromatic heterocycles. The zero-order valence-electron chi connectivity index (χ0n) is 17.9. The summed E-state index contributed by atoms with van der Waals surface area (Å²) in [5.74, 6) is 2.15. The van der Waals surface area contributed by atoms with E-state index in [-0.39, 0.29) is 17.6 Å². The number of rotatable bonds is 6. The maximum absolute atomic E-state index is 13.2. The maximum atomic E-state index is 13.2. The number of aromatic nitrogens is 4. The van der Waals surface area contributed by atoms with Gasteiger partial charge in [-0.3, -0.25) is 9.69 Å². The molecule has 2 aromatic rings. The predicted octanol–water partition coefficient (Wildman–Crippen LogP) is 1.31. The Labute approximate surface area is 185 Å². The van der Waals surface area contributed by atoms with E-state index in [2.05, 4.69) is 25.5 Å². The van der Waals surface area contributed by atoms with Crippen LogP contribution >= 0.6 is 0 Å². The summed E-state index contributed by atoms with van der Waals surface area (Å²) in [6.45, 7) is 2.48. The van der Waals surface area contributed by atoms with Crippen molar-refractivity contribution in [2.75, 3.05) is 19.7 Å². The fourth-order valence-corrected chi connectivity index (χ4v) is 7.14. The summed E-state index contributed by atoms with van der Waals surface area (Å²) in [7, 11) is 0. The van der Waals surface area contributed by atoms with Gasteiger partial charge >= 0.3 is 0 Å². The van der Waals surface area contributed by atoms with Gasteiger partial charge in [-0.2, -0.15) is 5.21 Å². The maximum Gasteiger partial charge on any atom is 0.176 e. The van der Waals surface area contributed by atoms with Crippen LogP contribution in [0.25, 0.3) is 0 Å². The second-order valence-electron chi connectivity index (χ2n) is 10.1. The lowest BCUT2D eigenvalue weighted by molar-refractivity contribution is -0.213. The molecule has 2 N–H and O–H groups in total. The second-order valence-corrected chi connectivity index (χ2v) is 10.1. The number of hydrogen-bond donors (Lipinski definition) is 2. The van der Waals surface area contributed by atoms with Crippen molar-refractivity contribution >= 4 is 5.78 Å². The van der Waals surface area contributed by atoms with Crippen molar-refractivity contribution in [2.24, 2.45) is 5.92 Å². The van der Waals surface area contributed by atoms with E-state index in [9.17, 15) is 9.90 Å². The third-order valence-electron chi connectivity index (χ3n) is 8.59. The van der Waals surface area contributed by atoms with Gasteiger partial charge < -0.3 is 14.6 Å². The monoisotopic (exact) mass is 437 g/mol. The Morgan fingerprint density at radius 3 is 3.03 bits per heavy atom. The number of piperidine rings is 1. The molecule has 1 saturated heterocycles. The van der Waals surface area contributed by atoms with Crippen molar-refractivity contribution in [3.63, 3.8) is 0 Å². The highest BCUT2D eigenvalue weighted by Gasteiger charge is 2.74. The Kier molecular flexibility index (Phi) is 3.86. The van der Waals surface area contributed by atoms with Gasteiger partial charge in [-0.25, -0.2) is 0 Å². The number of carbonyl (C=O) groups is 1. The number of benzene rings is 1. The van der Waals surface area contributed by atoms with E-state index in [1.54, 1.807) is 6.07 Å². The number of aromatic hydroxyl groups is 1. The SMILES string of the molecule is O=C1CC[C@@]2(OCCc3nn[nH]n3)[C@H]3Cc4ccc(O)c5c4C2(CCN3CC2CC2)[C@H]1O5. The van der Waals surface area contributed by atoms with Gasteiger partial charge in [0.05, 0.1) is 17.6 Å². The van der Waals surface area contributed by atoms with E-state index in [4.69, 9.17) is 9.47 Å². The van der Waals surface area contributed by atoms with Crippen LogP contribution in [0.1, 0.15) is 49.1 Å². The largest absolute Gasteiger partial charge is 0.504 e. The summed E-state index contributed by atoms with van der Waals surface area (Å²) in [5.41, 5.74) is 1.14. The molecule has 0 radical (unpaired) electrons. The number of phenols is 1. The minimum atomic E-state index is -0.589. The minimum Gasteiger partial charge on any atom is -0.504 e. The number of tetrazole rings is 1. The minimum absolute atomic E-state index is 0.125. The molecule has 5 aliphatic rings. The number of likely N-dealkylation sites (tertiary alicyclic amines) is 1. The number of aromatic amines is 1. The second kappa shape index (κ2) is 6.51. The number of ketones is 1. The van der Waals surface area contributed by atoms with Crippen LogP contribution in [0, 0.1) is 5.92 Å². The Hall–Kier alpha value is -2.52. The summed E-state index contributed by atoms with van der Waals surface area (Å²) in [4.78, 5) is 15.8. The van der Waals surface area contributed by atoms with Crippen LogP contribution in [-0.4, -0.2) is 73.9 Å². The number of phenolic OH excluding ortho intramolecular Hbond substituents is 1. The molecule has 168 valence electrons. The van der Waals surface area contributed by atoms with Gasteiger partial charge in [-0.1, -0.05) is 11.3 Å². The highest BCUT2D eigenvalue weighted by Crippen LogP contribution is 2.66. The average Bonchev–Trinajstić information content (AvgIpc) is 3.30. The molecular weight excluding hydrogens is 410 g/mol. The van der Waals surface area contributed by atoms with Crippen molar-refractivity contribution in [1.29, 1.82) is 0 Å². The molecule has 32 heavy (non-hydrogen) atoms. The number of nitrogens with zero attached hydrogens (tertiary/aromatic N) is 4. The lowest BCUT2D eigenvalue weighted by Gasteiger charge is -2.64. The fourth-order valence-electron chi connectivity index (χ4n) is 7.14. The van der Waals surface area contributed by atoms with E-state index in [0.717, 1.165) is 37.4 Å². The number of nitrogens with one attached hydrogen (secondary N) is 1. The van der Waals surface area contributed by atoms with Crippen LogP contribution in [0.3, 0.4) is 0 Å². The third kappa shape index (κ3) is 2.35. The zero-order chi connectivity index (χ0) is 21.5. The molecule has 1 aromatic carbocycles. The molecule has 3 aliphatic carbocycles. The van der Waals surface area contributed by atoms with E-state index in [0.29, 0.717) is 37.4 Å². The molecule has 2 saturated carbocycles. The number of H-pyrrole nitrogens is 1. The van der Waals surface area contributed by atoms with Gasteiger partial charge in [0.25, 0.3) is 0 Å². The highest BCUT2D eigenvalue weighted by atomic mass is 16.5. The molecular formula is C23H27N5O4. The lowest BCUT2D eigenvalue weighted by Crippen LogP contribution is -2.77. The third-order valence-corrected chi connectivity index (χ3v) is 8.59. The number of hydrogen-bond acceptors (Lipinski definition) is 8. The number of ether oxygens (including phenoxy) is 2. The van der Waals surface area contributed by atoms with Gasteiger partial charge in [-0.15, -0.1) is 10.2 Å². The Balaban J connectivity index is 1.36. The van der Waals surface area contributed by atoms with E-state index in [1.807, 2.05) is 6.07 Å². The molecule has 3 heterocycles. The smallest absolute Gasteiger partial charge is 0.176 e. The first-order valence-corrected chi connectivity index (χ1v) is 11.8. The van der Waals surface area contributed by atoms with Gasteiger partial charge in [0.1, 0.15) is 0 Å². The van der Waals surface area contributed by atoms with Gasteiger partial charge in [-0.05, 0) is 56.2 Å². The van der Waals surface area contributed by atoms with Crippen molar-refractivity contribution in [1.82, 2.24) is 25.5 Å². The van der Waals surface area contributed by atoms with Crippen LogP contribution in [-0.2, 0) is 27.8 Å². The summed E-state index contributed by atoms with van der Waals surface area (Å²) in [5, 5.41) is 24.9. The normalized spacial score (nSPS) is 34.9. The molecule has 2 aliphatic heterocycles. The van der Waals surface area contributed by atoms with Crippen LogP contribution in [0.4, 0.5) is 0 Å². The molecule has 1 spiro atoms. The Bertz CT molecular complexity index is 1090. The van der Waals surface area contributed by atoms with E-state index < -0.39 is 17.1 Å². The highest BCUT2D eigenvalue weighted by molar-refractivity contribution is 5.90. The van der Waals surface area contributed by atoms with E-state index >= 15 is 0 Å². The lowest BCUT2D eigenvalue weighted by atomic mass is 9.48. The first-order valence-electron chi connectivity index (χ1n) is 11.8.